The predicted octanol–water partition coefficient (Wildman–Crippen LogP) is 2.57. The highest BCUT2D eigenvalue weighted by Crippen LogP contribution is 2.38. The van der Waals surface area contributed by atoms with Crippen molar-refractivity contribution in [2.24, 2.45) is 11.8 Å². The Balaban J connectivity index is 1.87. The summed E-state index contributed by atoms with van der Waals surface area (Å²) < 4.78 is 27.8. The van der Waals surface area contributed by atoms with Gasteiger partial charge in [0.25, 0.3) is 0 Å². The second-order valence-corrected chi connectivity index (χ2v) is 5.83. The summed E-state index contributed by atoms with van der Waals surface area (Å²) in [5.41, 5.74) is 0.210. The summed E-state index contributed by atoms with van der Waals surface area (Å²) in [5, 5.41) is 3.40. The van der Waals surface area contributed by atoms with Crippen LogP contribution in [0.25, 0.3) is 0 Å². The fourth-order valence-electron chi connectivity index (χ4n) is 3.79. The van der Waals surface area contributed by atoms with Crippen molar-refractivity contribution < 1.29 is 8.78 Å². The number of fused-ring (bicyclic) bond motifs is 1. The van der Waals surface area contributed by atoms with E-state index in [4.69, 9.17) is 0 Å². The lowest BCUT2D eigenvalue weighted by Gasteiger charge is -2.31. The van der Waals surface area contributed by atoms with Crippen molar-refractivity contribution in [3.63, 3.8) is 0 Å². The zero-order valence-corrected chi connectivity index (χ0v) is 11.4. The third-order valence-corrected chi connectivity index (χ3v) is 4.90. The van der Waals surface area contributed by atoms with Gasteiger partial charge in [-0.1, -0.05) is 6.07 Å². The van der Waals surface area contributed by atoms with Gasteiger partial charge in [-0.2, -0.15) is 0 Å². The first-order chi connectivity index (χ1) is 9.09. The van der Waals surface area contributed by atoms with Gasteiger partial charge < -0.3 is 5.32 Å². The molecule has 0 amide bonds. The standard InChI is InChI=1S/C15H20F2N2/c1-9-12-7-18-6-11(12)8-19(9)10(2)15-13(16)4-3-5-14(15)17/h3-5,9-12,18H,6-8H2,1-2H3. The first kappa shape index (κ1) is 13.0. The van der Waals surface area contributed by atoms with E-state index in [1.807, 2.05) is 6.92 Å². The van der Waals surface area contributed by atoms with E-state index in [1.165, 1.54) is 18.2 Å². The zero-order valence-electron chi connectivity index (χ0n) is 11.4. The van der Waals surface area contributed by atoms with Crippen LogP contribution in [-0.4, -0.2) is 30.6 Å². The molecular formula is C15H20F2N2. The van der Waals surface area contributed by atoms with Crippen LogP contribution in [0.2, 0.25) is 0 Å². The normalized spacial score (nSPS) is 32.5. The Bertz CT molecular complexity index is 457. The molecule has 0 spiro atoms. The minimum absolute atomic E-state index is 0.207. The fourth-order valence-corrected chi connectivity index (χ4v) is 3.79. The number of hydrogen-bond donors (Lipinski definition) is 1. The molecule has 1 aromatic rings. The maximum atomic E-state index is 13.9. The Labute approximate surface area is 112 Å². The molecule has 1 aromatic carbocycles. The number of nitrogens with one attached hydrogen (secondary N) is 1. The van der Waals surface area contributed by atoms with E-state index in [9.17, 15) is 8.78 Å². The molecule has 4 heteroatoms. The number of rotatable bonds is 2. The third-order valence-electron chi connectivity index (χ3n) is 4.90. The minimum atomic E-state index is -0.435. The summed E-state index contributed by atoms with van der Waals surface area (Å²) in [6, 6.07) is 4.28. The summed E-state index contributed by atoms with van der Waals surface area (Å²) in [4.78, 5) is 2.25. The van der Waals surface area contributed by atoms with Gasteiger partial charge in [0.1, 0.15) is 11.6 Å². The van der Waals surface area contributed by atoms with E-state index >= 15 is 0 Å². The van der Waals surface area contributed by atoms with Gasteiger partial charge in [-0.25, -0.2) is 8.78 Å². The van der Waals surface area contributed by atoms with Gasteiger partial charge in [0.05, 0.1) is 0 Å². The van der Waals surface area contributed by atoms with E-state index in [-0.39, 0.29) is 11.6 Å². The van der Waals surface area contributed by atoms with Crippen LogP contribution in [0.15, 0.2) is 18.2 Å². The Morgan fingerprint density at radius 3 is 2.58 bits per heavy atom. The average molecular weight is 266 g/mol. The molecule has 2 aliphatic rings. The van der Waals surface area contributed by atoms with E-state index in [2.05, 4.69) is 17.1 Å². The molecule has 2 heterocycles. The molecule has 0 radical (unpaired) electrons. The van der Waals surface area contributed by atoms with Crippen LogP contribution < -0.4 is 5.32 Å². The van der Waals surface area contributed by atoms with Crippen LogP contribution in [-0.2, 0) is 0 Å². The van der Waals surface area contributed by atoms with Gasteiger partial charge in [0, 0.05) is 24.2 Å². The fraction of sp³-hybridized carbons (Fsp3) is 0.600. The summed E-state index contributed by atoms with van der Waals surface area (Å²) in [6.07, 6.45) is 0. The van der Waals surface area contributed by atoms with Gasteiger partial charge in [-0.05, 0) is 50.9 Å². The van der Waals surface area contributed by atoms with Crippen molar-refractivity contribution in [1.29, 1.82) is 0 Å². The lowest BCUT2D eigenvalue weighted by Crippen LogP contribution is -2.36. The number of nitrogens with zero attached hydrogens (tertiary/aromatic N) is 1. The SMILES string of the molecule is CC(c1c(F)cccc1F)N1CC2CNCC2C1C. The number of benzene rings is 1. The van der Waals surface area contributed by atoms with E-state index < -0.39 is 11.6 Å². The Morgan fingerprint density at radius 2 is 1.95 bits per heavy atom. The van der Waals surface area contributed by atoms with Gasteiger partial charge >= 0.3 is 0 Å². The van der Waals surface area contributed by atoms with Crippen LogP contribution in [0.4, 0.5) is 8.78 Å². The largest absolute Gasteiger partial charge is 0.316 e. The maximum Gasteiger partial charge on any atom is 0.130 e. The second kappa shape index (κ2) is 4.84. The average Bonchev–Trinajstić information content (AvgIpc) is 2.92. The zero-order chi connectivity index (χ0) is 13.6. The molecule has 4 unspecified atom stereocenters. The van der Waals surface area contributed by atoms with Crippen LogP contribution in [0.5, 0.6) is 0 Å². The summed E-state index contributed by atoms with van der Waals surface area (Å²) in [7, 11) is 0. The Hall–Kier alpha value is -1.00. The highest BCUT2D eigenvalue weighted by molar-refractivity contribution is 5.23. The van der Waals surface area contributed by atoms with Crippen molar-refractivity contribution in [3.8, 4) is 0 Å². The third kappa shape index (κ3) is 2.07. The van der Waals surface area contributed by atoms with Gasteiger partial charge in [0.2, 0.25) is 0 Å². The molecule has 0 saturated carbocycles. The Morgan fingerprint density at radius 1 is 1.26 bits per heavy atom. The molecule has 2 saturated heterocycles. The van der Waals surface area contributed by atoms with E-state index in [0.717, 1.165) is 19.6 Å². The number of likely N-dealkylation sites (tertiary alicyclic amines) is 1. The minimum Gasteiger partial charge on any atom is -0.316 e. The van der Waals surface area contributed by atoms with Crippen LogP contribution >= 0.6 is 0 Å². The second-order valence-electron chi connectivity index (χ2n) is 5.83. The highest BCUT2D eigenvalue weighted by Gasteiger charge is 2.44. The lowest BCUT2D eigenvalue weighted by molar-refractivity contribution is 0.175. The molecule has 0 bridgehead atoms. The molecular weight excluding hydrogens is 246 g/mol. The monoisotopic (exact) mass is 266 g/mol. The van der Waals surface area contributed by atoms with Crippen LogP contribution in [0.3, 0.4) is 0 Å². The van der Waals surface area contributed by atoms with Crippen LogP contribution in [0.1, 0.15) is 25.5 Å². The number of halogens is 2. The first-order valence-corrected chi connectivity index (χ1v) is 7.00. The molecule has 104 valence electrons. The molecule has 2 aliphatic heterocycles. The molecule has 0 aromatic heterocycles. The van der Waals surface area contributed by atoms with Crippen molar-refractivity contribution in [3.05, 3.63) is 35.4 Å². The van der Waals surface area contributed by atoms with E-state index in [1.54, 1.807) is 0 Å². The molecule has 2 nitrogen and oxygen atoms in total. The lowest BCUT2D eigenvalue weighted by atomic mass is 9.95. The molecule has 4 atom stereocenters. The van der Waals surface area contributed by atoms with E-state index in [0.29, 0.717) is 17.9 Å². The summed E-state index contributed by atoms with van der Waals surface area (Å²) >= 11 is 0. The highest BCUT2D eigenvalue weighted by atomic mass is 19.1. The predicted molar refractivity (Wildman–Crippen MR) is 70.8 cm³/mol. The van der Waals surface area contributed by atoms with Gasteiger partial charge in [-0.3, -0.25) is 4.90 Å². The maximum absolute atomic E-state index is 13.9. The topological polar surface area (TPSA) is 15.3 Å². The summed E-state index contributed by atoms with van der Waals surface area (Å²) in [6.45, 7) is 7.06. The first-order valence-electron chi connectivity index (χ1n) is 7.00. The quantitative estimate of drug-likeness (QED) is 0.885. The van der Waals surface area contributed by atoms with Gasteiger partial charge in [0.15, 0.2) is 0 Å². The molecule has 2 fully saturated rings. The smallest absolute Gasteiger partial charge is 0.130 e. The summed E-state index contributed by atoms with van der Waals surface area (Å²) in [5.74, 6) is 0.356. The van der Waals surface area contributed by atoms with Crippen molar-refractivity contribution in [1.82, 2.24) is 10.2 Å². The van der Waals surface area contributed by atoms with Crippen LogP contribution in [0, 0.1) is 23.5 Å². The molecule has 1 N–H and O–H groups in total. The molecule has 3 rings (SSSR count). The van der Waals surface area contributed by atoms with Crippen molar-refractivity contribution >= 4 is 0 Å². The number of hydrogen-bond acceptors (Lipinski definition) is 2. The van der Waals surface area contributed by atoms with Crippen molar-refractivity contribution in [2.45, 2.75) is 25.9 Å². The molecule has 0 aliphatic carbocycles. The Kier molecular flexibility index (Phi) is 3.31. The van der Waals surface area contributed by atoms with Crippen molar-refractivity contribution in [2.75, 3.05) is 19.6 Å². The van der Waals surface area contributed by atoms with Gasteiger partial charge in [-0.15, -0.1) is 0 Å². The molecule has 19 heavy (non-hydrogen) atoms.